The van der Waals surface area contributed by atoms with Gasteiger partial charge in [-0.25, -0.2) is 0 Å². The number of ether oxygens (including phenoxy) is 8. The van der Waals surface area contributed by atoms with Gasteiger partial charge in [0, 0.05) is 38.3 Å². The van der Waals surface area contributed by atoms with Crippen LogP contribution in [0.15, 0.2) is 0 Å². The zero-order chi connectivity index (χ0) is 39.1. The fourth-order valence-corrected chi connectivity index (χ4v) is 5.09. The predicted molar refractivity (Wildman–Crippen MR) is 198 cm³/mol. The second-order valence-corrected chi connectivity index (χ2v) is 13.4. The lowest BCUT2D eigenvalue weighted by atomic mass is 10.0. The highest BCUT2D eigenvalue weighted by atomic mass is 127. The monoisotopic (exact) mass is 874 g/mol. The molecule has 0 spiro atoms. The molecule has 0 radical (unpaired) electrons. The zero-order valence-corrected chi connectivity index (χ0v) is 33.5. The minimum Gasteiger partial charge on any atom is -0.379 e. The third-order valence-electron chi connectivity index (χ3n) is 7.22. The van der Waals surface area contributed by atoms with Crippen molar-refractivity contribution in [2.45, 2.75) is 50.0 Å². The molecule has 1 heterocycles. The van der Waals surface area contributed by atoms with Crippen LogP contribution in [0.5, 0.6) is 0 Å². The summed E-state index contributed by atoms with van der Waals surface area (Å²) in [5.41, 5.74) is 0. The molecular weight excluding hydrogens is 815 g/mol. The smallest absolute Gasteiger partial charge is 0.242 e. The Balaban J connectivity index is 1.73. The van der Waals surface area contributed by atoms with Gasteiger partial charge in [0.25, 0.3) is 0 Å². The van der Waals surface area contributed by atoms with Crippen molar-refractivity contribution >= 4 is 57.9 Å². The van der Waals surface area contributed by atoms with Crippen LogP contribution in [0.4, 0.5) is 0 Å². The Labute approximate surface area is 325 Å². The second-order valence-electron chi connectivity index (χ2n) is 11.9. The molecule has 1 saturated heterocycles. The van der Waals surface area contributed by atoms with Gasteiger partial charge in [-0.3, -0.25) is 33.7 Å². The van der Waals surface area contributed by atoms with Gasteiger partial charge in [0.15, 0.2) is 5.78 Å². The Morgan fingerprint density at radius 1 is 0.623 bits per heavy atom. The first-order valence-electron chi connectivity index (χ1n) is 18.0. The highest BCUT2D eigenvalue weighted by molar-refractivity contribution is 14.1. The molecule has 2 unspecified atom stereocenters. The van der Waals surface area contributed by atoms with E-state index in [1.54, 1.807) is 20.8 Å². The molecule has 1 aliphatic rings. The van der Waals surface area contributed by atoms with E-state index < -0.39 is 11.9 Å². The molecule has 1 fully saturated rings. The van der Waals surface area contributed by atoms with Crippen molar-refractivity contribution in [2.24, 2.45) is 5.92 Å². The van der Waals surface area contributed by atoms with Crippen molar-refractivity contribution in [3.63, 3.8) is 0 Å². The van der Waals surface area contributed by atoms with E-state index in [1.165, 1.54) is 0 Å². The van der Waals surface area contributed by atoms with Crippen LogP contribution in [-0.2, 0) is 66.7 Å². The van der Waals surface area contributed by atoms with E-state index in [0.717, 1.165) is 4.90 Å². The summed E-state index contributed by atoms with van der Waals surface area (Å²) in [6.45, 7) is 11.6. The van der Waals surface area contributed by atoms with E-state index in [4.69, 9.17) is 37.9 Å². The first kappa shape index (κ1) is 48.6. The highest BCUT2D eigenvalue weighted by Gasteiger charge is 2.36. The van der Waals surface area contributed by atoms with Crippen molar-refractivity contribution in [1.82, 2.24) is 20.9 Å². The van der Waals surface area contributed by atoms with Crippen LogP contribution in [0.25, 0.3) is 0 Å². The zero-order valence-electron chi connectivity index (χ0n) is 31.3. The summed E-state index contributed by atoms with van der Waals surface area (Å²) in [6.07, 6.45) is 0.372. The summed E-state index contributed by atoms with van der Waals surface area (Å²) in [7, 11) is 0. The van der Waals surface area contributed by atoms with Crippen LogP contribution in [0.2, 0.25) is 0 Å². The van der Waals surface area contributed by atoms with E-state index >= 15 is 0 Å². The maximum Gasteiger partial charge on any atom is 0.242 e. The number of nitrogens with zero attached hydrogens (tertiary/aromatic N) is 1. The quantitative estimate of drug-likeness (QED) is 0.0315. The average molecular weight is 875 g/mol. The first-order valence-corrected chi connectivity index (χ1v) is 19.2. The summed E-state index contributed by atoms with van der Waals surface area (Å²) >= 11 is 1.94. The van der Waals surface area contributed by atoms with Gasteiger partial charge in [0.2, 0.25) is 29.5 Å². The van der Waals surface area contributed by atoms with Gasteiger partial charge in [-0.15, -0.1) is 0 Å². The topological polar surface area (TPSA) is 216 Å². The van der Waals surface area contributed by atoms with Crippen molar-refractivity contribution in [1.29, 1.82) is 0 Å². The van der Waals surface area contributed by atoms with Gasteiger partial charge >= 0.3 is 0 Å². The molecule has 53 heavy (non-hydrogen) atoms. The van der Waals surface area contributed by atoms with Gasteiger partial charge in [0.05, 0.1) is 122 Å². The fraction of sp³-hybridized carbons (Fsp3) is 0.824. The predicted octanol–water partition coefficient (Wildman–Crippen LogP) is -0.576. The van der Waals surface area contributed by atoms with Gasteiger partial charge in [-0.1, -0.05) is 36.4 Å². The number of carbonyl (C=O) groups excluding carboxylic acids is 6. The Morgan fingerprint density at radius 3 is 1.45 bits per heavy atom. The van der Waals surface area contributed by atoms with E-state index in [-0.39, 0.29) is 78.2 Å². The summed E-state index contributed by atoms with van der Waals surface area (Å²) < 4.78 is 43.1. The molecule has 0 aromatic carbocycles. The lowest BCUT2D eigenvalue weighted by molar-refractivity contribution is -0.138. The average Bonchev–Trinajstić information content (AvgIpc) is 3.37. The number of imide groups is 1. The fourth-order valence-electron chi connectivity index (χ4n) is 4.38. The van der Waals surface area contributed by atoms with Crippen LogP contribution in [0.3, 0.4) is 0 Å². The Kier molecular flexibility index (Phi) is 29.3. The number of likely N-dealkylation sites (tertiary alicyclic amines) is 1. The molecule has 1 aliphatic heterocycles. The van der Waals surface area contributed by atoms with Gasteiger partial charge < -0.3 is 53.8 Å². The minimum absolute atomic E-state index is 0.0682. The lowest BCUT2D eigenvalue weighted by Gasteiger charge is -2.15. The number of alkyl halides is 1. The third kappa shape index (κ3) is 26.1. The summed E-state index contributed by atoms with van der Waals surface area (Å²) in [4.78, 5) is 72.1. The molecule has 0 bridgehead atoms. The number of nitrogens with one attached hydrogen (secondary N) is 3. The summed E-state index contributed by atoms with van der Waals surface area (Å²) in [5, 5.41) is 7.76. The summed E-state index contributed by atoms with van der Waals surface area (Å²) in [6, 6.07) is -0.597. The molecule has 1 rings (SSSR count). The molecule has 3 N–H and O–H groups in total. The van der Waals surface area contributed by atoms with Gasteiger partial charge in [-0.05, 0) is 6.92 Å². The molecule has 0 aromatic heterocycles. The third-order valence-corrected chi connectivity index (χ3v) is 8.19. The second kappa shape index (κ2) is 31.9. The van der Waals surface area contributed by atoms with Crippen molar-refractivity contribution in [2.75, 3.05) is 125 Å². The van der Waals surface area contributed by atoms with E-state index in [2.05, 4.69) is 16.0 Å². The first-order chi connectivity index (χ1) is 25.5. The van der Waals surface area contributed by atoms with Gasteiger partial charge in [0.1, 0.15) is 0 Å². The number of rotatable bonds is 35. The SMILES string of the molecule is CC(C)C(=O)C(C)NC(=O)CNC(=O)CCOCCOCCOCCOCCOCCOCCOCCOCCNC(=O)CCN1C(=O)CC(I)C1=O. The van der Waals surface area contributed by atoms with Crippen LogP contribution >= 0.6 is 22.6 Å². The minimum atomic E-state index is -0.597. The van der Waals surface area contributed by atoms with E-state index in [9.17, 15) is 28.8 Å². The number of hydrogen-bond donors (Lipinski definition) is 3. The molecule has 2 atom stereocenters. The van der Waals surface area contributed by atoms with Crippen molar-refractivity contribution in [3.8, 4) is 0 Å². The van der Waals surface area contributed by atoms with Crippen LogP contribution in [-0.4, -0.2) is 176 Å². The summed E-state index contributed by atoms with van der Waals surface area (Å²) in [5.74, 6) is -1.70. The Morgan fingerprint density at radius 2 is 1.04 bits per heavy atom. The number of Topliss-reactive ketones (excluding diaryl/α,β-unsaturated/α-hetero) is 1. The number of hydrogen-bond acceptors (Lipinski definition) is 14. The van der Waals surface area contributed by atoms with Crippen molar-refractivity contribution in [3.05, 3.63) is 0 Å². The van der Waals surface area contributed by atoms with Crippen LogP contribution < -0.4 is 16.0 Å². The van der Waals surface area contributed by atoms with Crippen molar-refractivity contribution < 1.29 is 66.7 Å². The maximum absolute atomic E-state index is 11.9. The number of halogens is 1. The molecule has 0 aliphatic carbocycles. The van der Waals surface area contributed by atoms with Crippen LogP contribution in [0.1, 0.15) is 40.0 Å². The standard InChI is InChI=1S/C34H59IN4O14/c1-26(2)33(44)27(3)38-31(42)25-37-30(41)5-8-46-10-12-48-14-16-50-18-20-52-22-23-53-21-19-51-17-15-49-13-11-47-9-6-36-29(40)4-7-39-32(43)24-28(35)34(39)45/h26-28H,4-25H2,1-3H3,(H,36,40)(H,37,41)(H,38,42). The van der Waals surface area contributed by atoms with E-state index in [0.29, 0.717) is 106 Å². The van der Waals surface area contributed by atoms with Gasteiger partial charge in [-0.2, -0.15) is 0 Å². The van der Waals surface area contributed by atoms with Crippen LogP contribution in [0, 0.1) is 5.92 Å². The molecule has 306 valence electrons. The lowest BCUT2D eigenvalue weighted by Crippen LogP contribution is -2.45. The normalized spacial score (nSPS) is 14.9. The largest absolute Gasteiger partial charge is 0.379 e. The number of ketones is 1. The Bertz CT molecular complexity index is 1070. The molecule has 0 saturated carbocycles. The maximum atomic E-state index is 11.9. The number of amides is 5. The molecule has 0 aromatic rings. The van der Waals surface area contributed by atoms with E-state index in [1.807, 2.05) is 22.6 Å². The molecule has 5 amide bonds. The highest BCUT2D eigenvalue weighted by Crippen LogP contribution is 2.20. The molecule has 18 nitrogen and oxygen atoms in total. The number of carbonyl (C=O) groups is 6. The molecule has 19 heteroatoms. The Hall–Kier alpha value is -2.37. The molecular formula is C34H59IN4O14.